The molecule has 11 fully saturated rings. The molecule has 57 nitrogen and oxygen atoms in total. The van der Waals surface area contributed by atoms with Crippen molar-refractivity contribution in [1.82, 2.24) is 5.32 Å². The van der Waals surface area contributed by atoms with Crippen molar-refractivity contribution in [3.05, 3.63) is 0 Å². The van der Waals surface area contributed by atoms with E-state index in [4.69, 9.17) is 99.5 Å². The number of carbonyl (C=O) groups is 1. The number of carbonyl (C=O) groups excluding carboxylic acids is 1. The van der Waals surface area contributed by atoms with Crippen LogP contribution in [0.25, 0.3) is 0 Å². The molecule has 11 aliphatic heterocycles. The van der Waals surface area contributed by atoms with Gasteiger partial charge in [0.1, 0.15) is 269 Å². The van der Waals surface area contributed by atoms with Crippen molar-refractivity contribution in [3.63, 3.8) is 0 Å². The van der Waals surface area contributed by atoms with Gasteiger partial charge in [-0.25, -0.2) is 0 Å². The highest BCUT2D eigenvalue weighted by Crippen LogP contribution is 2.42. The zero-order chi connectivity index (χ0) is 91.7. The molecule has 0 bridgehead atoms. The van der Waals surface area contributed by atoms with Crippen LogP contribution in [0.15, 0.2) is 0 Å². The lowest BCUT2D eigenvalue weighted by Crippen LogP contribution is -2.69. The van der Waals surface area contributed by atoms with Crippen LogP contribution in [0.2, 0.25) is 0 Å². The van der Waals surface area contributed by atoms with E-state index in [1.807, 2.05) is 0 Å². The minimum absolute atomic E-state index is 0.885. The Morgan fingerprint density at radius 2 is 0.416 bits per heavy atom. The third kappa shape index (κ3) is 21.8. The van der Waals surface area contributed by atoms with Gasteiger partial charge in [-0.05, 0) is 0 Å². The average Bonchev–Trinajstić information content (AvgIpc) is 0.774. The van der Waals surface area contributed by atoms with Crippen LogP contribution in [0.4, 0.5) is 0 Å². The Hall–Kier alpha value is -2.73. The number of nitrogens with one attached hydrogen (secondary N) is 1. The first-order chi connectivity index (χ1) is 59.3. The fourth-order valence-corrected chi connectivity index (χ4v) is 16.1. The van der Waals surface area contributed by atoms with Gasteiger partial charge in [0.05, 0.1) is 72.7 Å². The zero-order valence-corrected chi connectivity index (χ0v) is 65.7. The second-order valence-corrected chi connectivity index (χ2v) is 31.6. The molecule has 11 saturated heterocycles. The molecule has 0 aliphatic carbocycles. The van der Waals surface area contributed by atoms with E-state index in [-0.39, 0.29) is 0 Å². The zero-order valence-electron chi connectivity index (χ0n) is 65.7. The number of hydrogen-bond donors (Lipinski definition) is 35. The third-order valence-corrected chi connectivity index (χ3v) is 23.4. The predicted molar refractivity (Wildman–Crippen MR) is 374 cm³/mol. The van der Waals surface area contributed by atoms with Gasteiger partial charge in [-0.1, -0.05) is 0 Å². The third-order valence-electron chi connectivity index (χ3n) is 23.4. The Morgan fingerprint density at radius 1 is 0.208 bits per heavy atom. The molecule has 11 aliphatic rings. The van der Waals surface area contributed by atoms with E-state index in [1.165, 1.54) is 0 Å². The minimum Gasteiger partial charge on any atom is -0.394 e. The molecular formula is C68H115NO56. The fraction of sp³-hybridized carbons (Fsp3) is 0.985. The van der Waals surface area contributed by atoms with E-state index in [2.05, 4.69) is 5.32 Å². The summed E-state index contributed by atoms with van der Waals surface area (Å²) in [5.41, 5.74) is 0. The van der Waals surface area contributed by atoms with E-state index in [0.717, 1.165) is 6.92 Å². The molecular weight excluding hydrogens is 1730 g/mol. The van der Waals surface area contributed by atoms with Crippen molar-refractivity contribution in [3.8, 4) is 0 Å². The van der Waals surface area contributed by atoms with Gasteiger partial charge in [-0.2, -0.15) is 0 Å². The quantitative estimate of drug-likeness (QED) is 0.0297. The number of aliphatic hydroxyl groups is 34. The van der Waals surface area contributed by atoms with E-state index < -0.39 is 416 Å². The number of rotatable bonds is 32. The topological polar surface area (TPSA) is 911 Å². The highest BCUT2D eigenvalue weighted by atomic mass is 16.8. The van der Waals surface area contributed by atoms with Crippen LogP contribution in [0.5, 0.6) is 0 Å². The molecule has 0 aromatic heterocycles. The monoisotopic (exact) mass is 1840 g/mol. The summed E-state index contributed by atoms with van der Waals surface area (Å²) < 4.78 is 122. The second-order valence-electron chi connectivity index (χ2n) is 31.6. The minimum atomic E-state index is -2.59. The van der Waals surface area contributed by atoms with Crippen LogP contribution in [0.1, 0.15) is 6.92 Å². The van der Waals surface area contributed by atoms with Gasteiger partial charge in [-0.3, -0.25) is 4.79 Å². The van der Waals surface area contributed by atoms with E-state index in [9.17, 15) is 178 Å². The molecule has 57 heteroatoms. The van der Waals surface area contributed by atoms with Gasteiger partial charge < -0.3 is 278 Å². The molecule has 0 aromatic rings. The van der Waals surface area contributed by atoms with Crippen molar-refractivity contribution in [1.29, 1.82) is 0 Å². The normalized spacial score (nSPS) is 52.7. The Morgan fingerprint density at radius 3 is 0.728 bits per heavy atom. The Labute approximate surface area is 704 Å². The van der Waals surface area contributed by atoms with Crippen LogP contribution < -0.4 is 5.32 Å². The number of amides is 1. The van der Waals surface area contributed by atoms with Crippen molar-refractivity contribution in [2.24, 2.45) is 0 Å². The highest BCUT2D eigenvalue weighted by molar-refractivity contribution is 5.73. The fourth-order valence-electron chi connectivity index (χ4n) is 16.1. The Kier molecular flexibility index (Phi) is 36.7. The first-order valence-electron chi connectivity index (χ1n) is 39.7. The summed E-state index contributed by atoms with van der Waals surface area (Å²) in [5.74, 6) is -0.885. The molecule has 0 aromatic carbocycles. The molecule has 0 spiro atoms. The summed E-state index contributed by atoms with van der Waals surface area (Å²) in [4.78, 5) is 12.4. The molecule has 0 radical (unpaired) electrons. The summed E-state index contributed by atoms with van der Waals surface area (Å²) in [5, 5.41) is 379. The standard InChI is InChI=1S/C68H115NO56/c1-13(79)69-25-36(90)50(22(10-78)107-58(25)104)118-65-49(103)54(35(89)24(117-65)12-106-60-46(100)53(119-61-44(98)38(92)27(81)15(3-71)109-61)34(88)23(116-60)11-105-59-43(97)37(91)26(80)14(2-70)108-59)122-67-57(42(96)31(85)18(6-74)114-67)125-68-56(41(95)30(84)19(7-75)115-68)124-64-47(101)51(32(86)20(8-76)112-64)120-63-48(102)52(33(87)21(9-77)111-63)121-66-55(40(94)29(83)17(5-73)113-66)123-62-45(99)39(93)28(82)16(4-72)110-62/h14-68,70-78,80-104H,2-12H2,1H3,(H,69,79)/t14-,15-,16-,17-,18-,19-,20-,21-,22-,23-,24-,25-,26-,27-,28-,29-,30-,31-,32-,33-,34-,35-,36-,37+,38+,39+,40+,41+,42+,43+,44+,45-,46+,47+,48-,49+,50-,51+,52+,53+,54+,55-,56+,57+,58?,59+,60+,61-,62-,63-,64-,65+,66-,67-,68-/m1/s1. The number of hydrogen-bond acceptors (Lipinski definition) is 56. The van der Waals surface area contributed by atoms with Crippen molar-refractivity contribution < 1.29 is 278 Å². The summed E-state index contributed by atoms with van der Waals surface area (Å²) in [6, 6.07) is -1.81. The largest absolute Gasteiger partial charge is 0.394 e. The van der Waals surface area contributed by atoms with Gasteiger partial charge in [0.15, 0.2) is 69.2 Å². The van der Waals surface area contributed by atoms with Gasteiger partial charge in [-0.15, -0.1) is 0 Å². The van der Waals surface area contributed by atoms with Gasteiger partial charge in [0, 0.05) is 6.92 Å². The van der Waals surface area contributed by atoms with Crippen LogP contribution in [0, 0.1) is 0 Å². The van der Waals surface area contributed by atoms with Crippen LogP contribution in [-0.2, 0) is 104 Å². The van der Waals surface area contributed by atoms with Gasteiger partial charge in [0.2, 0.25) is 5.91 Å². The lowest BCUT2D eigenvalue weighted by Gasteiger charge is -2.51. The molecule has 55 atom stereocenters. The number of aliphatic hydroxyl groups excluding tert-OH is 34. The Bertz CT molecular complexity index is 3250. The van der Waals surface area contributed by atoms with Crippen LogP contribution in [0.3, 0.4) is 0 Å². The molecule has 35 N–H and O–H groups in total. The van der Waals surface area contributed by atoms with Gasteiger partial charge >= 0.3 is 0 Å². The molecule has 1 amide bonds. The number of ether oxygens (including phenoxy) is 21. The predicted octanol–water partition coefficient (Wildman–Crippen LogP) is -24.8. The van der Waals surface area contributed by atoms with Gasteiger partial charge in [0.25, 0.3) is 0 Å². The lowest BCUT2D eigenvalue weighted by atomic mass is 9.94. The summed E-state index contributed by atoms with van der Waals surface area (Å²) in [6.45, 7) is -11.4. The second kappa shape index (κ2) is 44.6. The van der Waals surface area contributed by atoms with Crippen molar-refractivity contribution in [2.75, 3.05) is 72.7 Å². The maximum absolute atomic E-state index is 12.6. The van der Waals surface area contributed by atoms with Crippen LogP contribution >= 0.6 is 0 Å². The Balaban J connectivity index is 0.872. The molecule has 11 heterocycles. The molecule has 1 unspecified atom stereocenters. The molecule has 11 rings (SSSR count). The van der Waals surface area contributed by atoms with E-state index in [0.29, 0.717) is 0 Å². The lowest BCUT2D eigenvalue weighted by molar-refractivity contribution is -0.413. The maximum Gasteiger partial charge on any atom is 0.217 e. The van der Waals surface area contributed by atoms with Crippen LogP contribution in [-0.4, -0.2) is 590 Å². The van der Waals surface area contributed by atoms with E-state index >= 15 is 0 Å². The molecule has 728 valence electrons. The average molecular weight is 1840 g/mol. The summed E-state index contributed by atoms with van der Waals surface area (Å²) in [7, 11) is 0. The first kappa shape index (κ1) is 103. The summed E-state index contributed by atoms with van der Waals surface area (Å²) >= 11 is 0. The van der Waals surface area contributed by atoms with Crippen molar-refractivity contribution >= 4 is 5.91 Å². The van der Waals surface area contributed by atoms with E-state index in [1.54, 1.807) is 0 Å². The van der Waals surface area contributed by atoms with Crippen molar-refractivity contribution in [2.45, 2.75) is 345 Å². The smallest absolute Gasteiger partial charge is 0.217 e. The highest BCUT2D eigenvalue weighted by Gasteiger charge is 2.62. The maximum atomic E-state index is 12.6. The first-order valence-corrected chi connectivity index (χ1v) is 39.7. The molecule has 125 heavy (non-hydrogen) atoms. The SMILES string of the molecule is CC(=O)N[C@H]1C(O)O[C@H](CO)[C@@H](O[C@@H]2O[C@H](CO[C@H]3O[C@H](CO[C@H]4O[C@H](CO)[C@@H](O)[C@H](O)[C@@H]4O)[C@@H](O)[C@H](O[C@H]4O[C@H](CO)[C@@H](O)[C@H](O)[C@@H]4O)[C@@H]3O)[C@@H](O)[C@H](O[C@H]3O[C@H](CO)[C@@H](O)[C@H](O)[C@@H]3O[C@H]3O[C@H](CO)[C@@H](O)[C@H](O)[C@@H]3O[C@H]3O[C@H](CO)[C@@H](O)[C@H](O[C@H]4O[C@H](CO)[C@@H](O)[C@H](O[C@H]5O[C@H](CO)[C@@H](O)[C@H](O)[C@H]5O[C@H]5O[C@H](CO)[C@@H](O)[C@H](O)[C@H]5O)[C@H]4O)[C@@H]3O)[C@@H]2O)[C@@H]1O. The molecule has 0 saturated carbocycles. The summed E-state index contributed by atoms with van der Waals surface area (Å²) in [6.07, 6.45) is -118.